The first-order valence-electron chi connectivity index (χ1n) is 6.54. The van der Waals surface area contributed by atoms with Crippen molar-refractivity contribution in [2.24, 2.45) is 5.41 Å². The van der Waals surface area contributed by atoms with Crippen molar-refractivity contribution in [3.05, 3.63) is 35.4 Å². The molecule has 0 heterocycles. The minimum atomic E-state index is -2.42. The number of aliphatic hydroxyl groups excluding tert-OH is 1. The van der Waals surface area contributed by atoms with Gasteiger partial charge in [0.25, 0.3) is 6.43 Å². The highest BCUT2D eigenvalue weighted by Gasteiger charge is 2.16. The molecule has 108 valence electrons. The lowest BCUT2D eigenvalue weighted by Crippen LogP contribution is -2.29. The Balaban J connectivity index is 2.33. The van der Waals surface area contributed by atoms with Gasteiger partial charge in [-0.2, -0.15) is 0 Å². The van der Waals surface area contributed by atoms with E-state index in [4.69, 9.17) is 0 Å². The minimum Gasteiger partial charge on any atom is -0.392 e. The maximum Gasteiger partial charge on any atom is 0.263 e. The SMILES string of the molecule is CC(C)(C)CC(O)CNCc1ccc(C(F)F)cc1. The summed E-state index contributed by atoms with van der Waals surface area (Å²) in [6.07, 6.45) is -2.08. The Hall–Kier alpha value is -1.00. The summed E-state index contributed by atoms with van der Waals surface area (Å²) in [5.41, 5.74) is 1.07. The highest BCUT2D eigenvalue weighted by molar-refractivity contribution is 5.23. The normalized spacial score (nSPS) is 13.8. The van der Waals surface area contributed by atoms with Gasteiger partial charge < -0.3 is 10.4 Å². The summed E-state index contributed by atoms with van der Waals surface area (Å²) in [5, 5.41) is 13.0. The summed E-state index contributed by atoms with van der Waals surface area (Å²) < 4.78 is 24.7. The van der Waals surface area contributed by atoms with Gasteiger partial charge in [0.05, 0.1) is 6.10 Å². The summed E-state index contributed by atoms with van der Waals surface area (Å²) in [7, 11) is 0. The Labute approximate surface area is 113 Å². The number of benzene rings is 1. The van der Waals surface area contributed by atoms with Crippen LogP contribution in [0.3, 0.4) is 0 Å². The van der Waals surface area contributed by atoms with Gasteiger partial charge in [-0.3, -0.25) is 0 Å². The number of halogens is 2. The molecule has 0 fully saturated rings. The van der Waals surface area contributed by atoms with Gasteiger partial charge in [0.1, 0.15) is 0 Å². The Kier molecular flexibility index (Phi) is 5.88. The van der Waals surface area contributed by atoms with Crippen LogP contribution in [0.4, 0.5) is 8.78 Å². The van der Waals surface area contributed by atoms with Gasteiger partial charge >= 0.3 is 0 Å². The zero-order valence-corrected chi connectivity index (χ0v) is 11.8. The summed E-state index contributed by atoms with van der Waals surface area (Å²) in [6, 6.07) is 6.25. The lowest BCUT2D eigenvalue weighted by Gasteiger charge is -2.22. The van der Waals surface area contributed by atoms with Crippen LogP contribution in [-0.2, 0) is 6.54 Å². The number of nitrogens with one attached hydrogen (secondary N) is 1. The molecule has 0 amide bonds. The van der Waals surface area contributed by atoms with Crippen LogP contribution >= 0.6 is 0 Å². The third kappa shape index (κ3) is 6.64. The van der Waals surface area contributed by atoms with Crippen molar-refractivity contribution in [1.29, 1.82) is 0 Å². The molecular weight excluding hydrogens is 248 g/mol. The molecule has 1 rings (SSSR count). The molecule has 0 aliphatic rings. The topological polar surface area (TPSA) is 32.3 Å². The van der Waals surface area contributed by atoms with Crippen LogP contribution in [0.15, 0.2) is 24.3 Å². The molecule has 2 N–H and O–H groups in total. The highest BCUT2D eigenvalue weighted by Crippen LogP contribution is 2.20. The molecule has 1 aromatic rings. The van der Waals surface area contributed by atoms with E-state index in [2.05, 4.69) is 26.1 Å². The van der Waals surface area contributed by atoms with Crippen molar-refractivity contribution in [2.75, 3.05) is 6.54 Å². The number of aliphatic hydroxyl groups is 1. The molecule has 0 spiro atoms. The molecule has 19 heavy (non-hydrogen) atoms. The summed E-state index contributed by atoms with van der Waals surface area (Å²) in [4.78, 5) is 0. The Bertz CT molecular complexity index is 371. The van der Waals surface area contributed by atoms with Gasteiger partial charge in [0.2, 0.25) is 0 Å². The zero-order chi connectivity index (χ0) is 14.5. The molecule has 0 saturated heterocycles. The Morgan fingerprint density at radius 1 is 1.16 bits per heavy atom. The smallest absolute Gasteiger partial charge is 0.263 e. The number of hydrogen-bond acceptors (Lipinski definition) is 2. The fraction of sp³-hybridized carbons (Fsp3) is 0.600. The van der Waals surface area contributed by atoms with Crippen molar-refractivity contribution in [2.45, 2.75) is 46.3 Å². The predicted molar refractivity (Wildman–Crippen MR) is 73.2 cm³/mol. The molecule has 0 bridgehead atoms. The predicted octanol–water partition coefficient (Wildman–Crippen LogP) is 3.51. The van der Waals surface area contributed by atoms with E-state index >= 15 is 0 Å². The molecule has 1 atom stereocenters. The van der Waals surface area contributed by atoms with Crippen LogP contribution in [0.2, 0.25) is 0 Å². The maximum absolute atomic E-state index is 12.4. The van der Waals surface area contributed by atoms with Crippen LogP contribution in [0.1, 0.15) is 44.7 Å². The Morgan fingerprint density at radius 3 is 2.21 bits per heavy atom. The molecule has 0 aliphatic carbocycles. The van der Waals surface area contributed by atoms with Crippen LogP contribution in [0.5, 0.6) is 0 Å². The second kappa shape index (κ2) is 6.96. The first-order valence-corrected chi connectivity index (χ1v) is 6.54. The van der Waals surface area contributed by atoms with E-state index in [9.17, 15) is 13.9 Å². The van der Waals surface area contributed by atoms with Crippen LogP contribution in [-0.4, -0.2) is 17.8 Å². The average molecular weight is 271 g/mol. The molecule has 1 unspecified atom stereocenters. The minimum absolute atomic E-state index is 0.0384. The largest absolute Gasteiger partial charge is 0.392 e. The van der Waals surface area contributed by atoms with Crippen molar-refractivity contribution < 1.29 is 13.9 Å². The zero-order valence-electron chi connectivity index (χ0n) is 11.8. The number of rotatable bonds is 6. The van der Waals surface area contributed by atoms with E-state index in [0.29, 0.717) is 13.1 Å². The fourth-order valence-corrected chi connectivity index (χ4v) is 1.94. The fourth-order valence-electron chi connectivity index (χ4n) is 1.94. The van der Waals surface area contributed by atoms with E-state index in [1.807, 2.05) is 0 Å². The van der Waals surface area contributed by atoms with E-state index in [1.54, 1.807) is 12.1 Å². The van der Waals surface area contributed by atoms with Crippen molar-refractivity contribution in [1.82, 2.24) is 5.32 Å². The number of hydrogen-bond donors (Lipinski definition) is 2. The van der Waals surface area contributed by atoms with E-state index < -0.39 is 6.43 Å². The third-order valence-corrected chi connectivity index (χ3v) is 2.79. The van der Waals surface area contributed by atoms with Crippen molar-refractivity contribution in [3.63, 3.8) is 0 Å². The van der Waals surface area contributed by atoms with Crippen molar-refractivity contribution >= 4 is 0 Å². The second-order valence-corrected chi connectivity index (χ2v) is 6.09. The molecule has 4 heteroatoms. The third-order valence-electron chi connectivity index (χ3n) is 2.79. The van der Waals surface area contributed by atoms with Gasteiger partial charge in [0.15, 0.2) is 0 Å². The van der Waals surface area contributed by atoms with Gasteiger partial charge in [-0.15, -0.1) is 0 Å². The molecular formula is C15H23F2NO. The molecule has 0 saturated carbocycles. The molecule has 0 aliphatic heterocycles. The molecule has 0 radical (unpaired) electrons. The van der Waals surface area contributed by atoms with Crippen LogP contribution < -0.4 is 5.32 Å². The van der Waals surface area contributed by atoms with Crippen LogP contribution in [0, 0.1) is 5.41 Å². The maximum atomic E-state index is 12.4. The van der Waals surface area contributed by atoms with Gasteiger partial charge in [-0.25, -0.2) is 8.78 Å². The molecule has 2 nitrogen and oxygen atoms in total. The van der Waals surface area contributed by atoms with Gasteiger partial charge in [0, 0.05) is 18.7 Å². The quantitative estimate of drug-likeness (QED) is 0.830. The molecule has 1 aromatic carbocycles. The van der Waals surface area contributed by atoms with Gasteiger partial charge in [-0.05, 0) is 17.4 Å². The van der Waals surface area contributed by atoms with Crippen molar-refractivity contribution in [3.8, 4) is 0 Å². The average Bonchev–Trinajstić information content (AvgIpc) is 2.27. The summed E-state index contributed by atoms with van der Waals surface area (Å²) >= 11 is 0. The summed E-state index contributed by atoms with van der Waals surface area (Å²) in [6.45, 7) is 7.33. The highest BCUT2D eigenvalue weighted by atomic mass is 19.3. The lowest BCUT2D eigenvalue weighted by atomic mass is 9.89. The van der Waals surface area contributed by atoms with E-state index in [1.165, 1.54) is 12.1 Å². The standard InChI is InChI=1S/C15H23F2NO/c1-15(2,3)8-13(19)10-18-9-11-4-6-12(7-5-11)14(16)17/h4-7,13-14,18-19H,8-10H2,1-3H3. The number of alkyl halides is 2. The summed E-state index contributed by atoms with van der Waals surface area (Å²) in [5.74, 6) is 0. The first-order chi connectivity index (χ1) is 8.78. The lowest BCUT2D eigenvalue weighted by molar-refractivity contribution is 0.119. The van der Waals surface area contributed by atoms with Crippen LogP contribution in [0.25, 0.3) is 0 Å². The van der Waals surface area contributed by atoms with E-state index in [0.717, 1.165) is 12.0 Å². The second-order valence-electron chi connectivity index (χ2n) is 6.09. The Morgan fingerprint density at radius 2 is 1.74 bits per heavy atom. The molecule has 0 aromatic heterocycles. The monoisotopic (exact) mass is 271 g/mol. The first kappa shape index (κ1) is 16.1. The van der Waals surface area contributed by atoms with E-state index in [-0.39, 0.29) is 17.1 Å². The van der Waals surface area contributed by atoms with Gasteiger partial charge in [-0.1, -0.05) is 45.0 Å².